The maximum Gasteiger partial charge on any atom is 0.157 e. The van der Waals surface area contributed by atoms with Crippen molar-refractivity contribution in [3.63, 3.8) is 0 Å². The number of hydrogen-bond donors (Lipinski definition) is 13. The number of hydrogen-bond acceptors (Lipinski definition) is 17. The van der Waals surface area contributed by atoms with Crippen molar-refractivity contribution in [3.8, 4) is 69.0 Å². The number of ether oxygens (including phenoxy) is 4. The Balaban J connectivity index is 0.000000172. The molecule has 1 radical (unpaired) electrons. The quantitative estimate of drug-likeness (QED) is 0.0713. The topological polar surface area (TPSA) is 300 Å². The SMILES string of the molecule is Cc1cc(C)c2c(c1)OC(c1ccc(C)c(C)c1)C(O)C2O.Cc1cc(C)c2c(c1)OC(c1ccc(C)c(C)c1)C(O)C2c1c(O)c(Br)c2c(c1O)CC(O)C(c1ccc(O)c(O)c1)O2.Oc1ccc(C2Oc3c(Br)c(O)cc(O)c3CC2O)cc1O.[Ac]. The van der Waals surface area contributed by atoms with Crippen LogP contribution in [0.25, 0.3) is 0 Å². The van der Waals surface area contributed by atoms with E-state index in [0.29, 0.717) is 39.3 Å². The van der Waals surface area contributed by atoms with Crippen molar-refractivity contribution in [2.24, 2.45) is 0 Å². The second-order valence-corrected chi connectivity index (χ2v) is 24.6. The van der Waals surface area contributed by atoms with Crippen molar-refractivity contribution in [2.75, 3.05) is 0 Å². The Labute approximate surface area is 561 Å². The summed E-state index contributed by atoms with van der Waals surface area (Å²) in [6.07, 6.45) is -8.23. The zero-order valence-electron chi connectivity index (χ0n) is 49.3. The predicted molar refractivity (Wildman–Crippen MR) is 330 cm³/mol. The number of rotatable bonds is 5. The van der Waals surface area contributed by atoms with Gasteiger partial charge >= 0.3 is 0 Å². The molecular weight excluding hydrogens is 1480 g/mol. The minimum absolute atomic E-state index is 0. The summed E-state index contributed by atoms with van der Waals surface area (Å²) < 4.78 is 24.7. The summed E-state index contributed by atoms with van der Waals surface area (Å²) >= 11 is 6.65. The molecule has 0 aliphatic carbocycles. The van der Waals surface area contributed by atoms with Crippen LogP contribution < -0.4 is 18.9 Å². The molecular formula is C68H68AcBr2O17. The number of aliphatic hydroxyl groups is 5. The molecule has 13 N–H and O–H groups in total. The second kappa shape index (κ2) is 26.2. The Morgan fingerprint density at radius 1 is 0.364 bits per heavy atom. The minimum Gasteiger partial charge on any atom is -0.507 e. The average molecular weight is 1540 g/mol. The molecule has 12 rings (SSSR count). The number of halogens is 2. The average Bonchev–Trinajstić information content (AvgIpc) is 0.757. The van der Waals surface area contributed by atoms with Gasteiger partial charge in [0.05, 0.1) is 18.1 Å². The van der Waals surface area contributed by atoms with Crippen molar-refractivity contribution in [3.05, 3.63) is 207 Å². The standard InChI is InChI=1S/C34H33BrO8.C19H22O3.C15H13BrO6.Ac/c1-14-9-17(4)25-24(10-14)42-33(18-6-5-15(2)16(3)11-18)31(41)26(25)27-29(39)20-13-23(38)32(43-34(20)28(35)30(27)40)19-7-8-21(36)22(37)12-19;1-10-7-13(4)16-15(8-10)22-19(18(21)17(16)20)14-6-5-11(2)12(3)9-14;16-13-11(20)5-9(18)7-4-12(21)14(22-15(7)13)6-1-2-8(17)10(19)3-6;/h5-12,23,26,31-33,36-41H,13H2,1-4H3;5-9,17-21H,1-4H3;1-3,5,12,14,17-21H,4H2;. The fourth-order valence-corrected chi connectivity index (χ4v) is 13.0. The van der Waals surface area contributed by atoms with E-state index >= 15 is 0 Å². The zero-order chi connectivity index (χ0) is 62.9. The maximum atomic E-state index is 12.0. The van der Waals surface area contributed by atoms with Crippen LogP contribution >= 0.6 is 31.9 Å². The van der Waals surface area contributed by atoms with E-state index < -0.39 is 60.9 Å². The summed E-state index contributed by atoms with van der Waals surface area (Å²) in [5.41, 5.74) is 12.9. The largest absolute Gasteiger partial charge is 0.507 e. The Bertz CT molecular complexity index is 4000. The third kappa shape index (κ3) is 12.6. The van der Waals surface area contributed by atoms with Crippen LogP contribution in [0.2, 0.25) is 0 Å². The molecule has 8 aromatic carbocycles. The third-order valence-corrected chi connectivity index (χ3v) is 18.3. The molecule has 4 aliphatic rings. The van der Waals surface area contributed by atoms with Gasteiger partial charge in [-0.15, -0.1) is 0 Å². The Morgan fingerprint density at radius 3 is 1.28 bits per heavy atom. The van der Waals surface area contributed by atoms with Crippen LogP contribution in [0.1, 0.15) is 131 Å². The number of phenolic OH excluding ortho intramolecular Hbond substituents is 8. The maximum absolute atomic E-state index is 12.0. The van der Waals surface area contributed by atoms with E-state index in [-0.39, 0.29) is 134 Å². The van der Waals surface area contributed by atoms with Crippen molar-refractivity contribution < 1.29 is 129 Å². The van der Waals surface area contributed by atoms with Crippen molar-refractivity contribution in [1.29, 1.82) is 0 Å². The molecule has 0 spiro atoms. The van der Waals surface area contributed by atoms with Gasteiger partial charge in [-0.3, -0.25) is 0 Å². The molecule has 0 fully saturated rings. The molecule has 459 valence electrons. The first-order valence-corrected chi connectivity index (χ1v) is 29.7. The third-order valence-electron chi connectivity index (χ3n) is 16.8. The number of phenols is 8. The van der Waals surface area contributed by atoms with E-state index in [2.05, 4.69) is 31.9 Å². The summed E-state index contributed by atoms with van der Waals surface area (Å²) in [6, 6.07) is 29.0. The summed E-state index contributed by atoms with van der Waals surface area (Å²) in [7, 11) is 0. The van der Waals surface area contributed by atoms with Crippen LogP contribution in [0, 0.1) is 99.5 Å². The normalized spacial score (nSPS) is 22.1. The molecule has 8 aromatic rings. The van der Waals surface area contributed by atoms with Crippen molar-refractivity contribution >= 4 is 31.9 Å². The first kappa shape index (κ1) is 66.0. The fraction of sp³-hybridized carbons (Fsp3) is 0.294. The molecule has 0 bridgehead atoms. The van der Waals surface area contributed by atoms with E-state index in [4.69, 9.17) is 18.9 Å². The number of aryl methyl sites for hydroxylation is 8. The molecule has 10 unspecified atom stereocenters. The number of fused-ring (bicyclic) bond motifs is 4. The minimum atomic E-state index is -1.19. The van der Waals surface area contributed by atoms with Crippen molar-refractivity contribution in [2.45, 2.75) is 129 Å². The molecule has 10 atom stereocenters. The molecule has 4 aliphatic heterocycles. The van der Waals surface area contributed by atoms with Gasteiger partial charge in [-0.05, 0) is 190 Å². The molecule has 0 saturated heterocycles. The molecule has 17 nitrogen and oxygen atoms in total. The first-order chi connectivity index (χ1) is 41.1. The molecule has 0 aromatic heterocycles. The van der Waals surface area contributed by atoms with Gasteiger partial charge in [0, 0.05) is 90.8 Å². The molecule has 88 heavy (non-hydrogen) atoms. The van der Waals surface area contributed by atoms with Gasteiger partial charge in [-0.25, -0.2) is 0 Å². The predicted octanol–water partition coefficient (Wildman–Crippen LogP) is 11.9. The smallest absolute Gasteiger partial charge is 0.157 e. The van der Waals surface area contributed by atoms with Crippen LogP contribution in [-0.4, -0.2) is 90.8 Å². The van der Waals surface area contributed by atoms with Gasteiger partial charge in [0.25, 0.3) is 0 Å². The second-order valence-electron chi connectivity index (χ2n) is 23.0. The monoisotopic (exact) mass is 1540 g/mol. The number of benzene rings is 8. The zero-order valence-corrected chi connectivity index (χ0v) is 57.2. The van der Waals surface area contributed by atoms with Gasteiger partial charge in [0.15, 0.2) is 47.4 Å². The Morgan fingerprint density at radius 2 is 0.795 bits per heavy atom. The van der Waals surface area contributed by atoms with E-state index in [0.717, 1.165) is 50.1 Å². The fourth-order valence-electron chi connectivity index (χ4n) is 12.0. The van der Waals surface area contributed by atoms with E-state index in [1.165, 1.54) is 48.0 Å². The van der Waals surface area contributed by atoms with E-state index in [1.54, 1.807) is 0 Å². The van der Waals surface area contributed by atoms with Crippen LogP contribution in [0.15, 0.2) is 112 Å². The molecule has 0 saturated carbocycles. The van der Waals surface area contributed by atoms with Crippen LogP contribution in [0.5, 0.6) is 69.0 Å². The number of aliphatic hydroxyl groups excluding tert-OH is 5. The van der Waals surface area contributed by atoms with Crippen LogP contribution in [0.4, 0.5) is 0 Å². The van der Waals surface area contributed by atoms with Crippen LogP contribution in [-0.2, 0) is 12.8 Å². The van der Waals surface area contributed by atoms with Gasteiger partial charge in [0.1, 0.15) is 73.3 Å². The van der Waals surface area contributed by atoms with Gasteiger partial charge < -0.3 is 85.3 Å². The Kier molecular flexibility index (Phi) is 19.6. The van der Waals surface area contributed by atoms with E-state index in [9.17, 15) is 66.4 Å². The van der Waals surface area contributed by atoms with Gasteiger partial charge in [-0.2, -0.15) is 0 Å². The molecule has 4 heterocycles. The van der Waals surface area contributed by atoms with Crippen molar-refractivity contribution in [1.82, 2.24) is 0 Å². The summed E-state index contributed by atoms with van der Waals surface area (Å²) in [5.74, 6) is -1.52. The summed E-state index contributed by atoms with van der Waals surface area (Å²) in [4.78, 5) is 0. The summed E-state index contributed by atoms with van der Waals surface area (Å²) in [5, 5.41) is 136. The first-order valence-electron chi connectivity index (χ1n) is 28.1. The molecule has 0 amide bonds. The summed E-state index contributed by atoms with van der Waals surface area (Å²) in [6.45, 7) is 15.9. The number of aromatic hydroxyl groups is 8. The molecule has 20 heteroatoms. The van der Waals surface area contributed by atoms with Gasteiger partial charge in [0.2, 0.25) is 0 Å². The van der Waals surface area contributed by atoms with Gasteiger partial charge in [-0.1, -0.05) is 60.7 Å². The van der Waals surface area contributed by atoms with E-state index in [1.807, 2.05) is 116 Å². The van der Waals surface area contributed by atoms with Crippen LogP contribution in [0.3, 0.4) is 0 Å². The Hall–Kier alpha value is -6.44.